The van der Waals surface area contributed by atoms with E-state index in [1.165, 1.54) is 24.3 Å². The number of hydrogen-bond donors (Lipinski definition) is 1. The van der Waals surface area contributed by atoms with Crippen LogP contribution in [0.15, 0.2) is 48.5 Å². The summed E-state index contributed by atoms with van der Waals surface area (Å²) in [6, 6.07) is 12.4. The summed E-state index contributed by atoms with van der Waals surface area (Å²) in [4.78, 5) is 22.5. The van der Waals surface area contributed by atoms with Gasteiger partial charge in [0, 0.05) is 29.5 Å². The molecule has 0 saturated heterocycles. The van der Waals surface area contributed by atoms with Gasteiger partial charge in [-0.15, -0.1) is 0 Å². The number of anilines is 1. The van der Waals surface area contributed by atoms with Crippen molar-refractivity contribution in [2.75, 3.05) is 5.32 Å². The molecular weight excluding hydrogens is 391 g/mol. The van der Waals surface area contributed by atoms with Gasteiger partial charge >= 0.3 is 0 Å². The second-order valence-corrected chi connectivity index (χ2v) is 6.65. The number of amides is 1. The quantitative estimate of drug-likeness (QED) is 0.492. The lowest BCUT2D eigenvalue weighted by Crippen LogP contribution is -2.13. The third-order valence-electron chi connectivity index (χ3n) is 3.88. The largest absolute Gasteiger partial charge is 0.305 e. The zero-order valence-electron chi connectivity index (χ0n) is 14.1. The van der Waals surface area contributed by atoms with Crippen molar-refractivity contribution >= 4 is 40.6 Å². The Morgan fingerprint density at radius 2 is 1.85 bits per heavy atom. The molecule has 2 aromatic carbocycles. The number of carbonyl (C=O) groups is 1. The molecule has 3 aromatic rings. The average molecular weight is 405 g/mol. The number of nitro groups is 1. The molecule has 1 heterocycles. The molecule has 3 rings (SSSR count). The van der Waals surface area contributed by atoms with Crippen molar-refractivity contribution in [3.8, 4) is 0 Å². The Kier molecular flexibility index (Phi) is 5.43. The minimum atomic E-state index is -0.518. The van der Waals surface area contributed by atoms with Gasteiger partial charge in [0.1, 0.15) is 0 Å². The van der Waals surface area contributed by atoms with Gasteiger partial charge in [0.15, 0.2) is 5.82 Å². The number of halogens is 2. The molecule has 0 fully saturated rings. The highest BCUT2D eigenvalue weighted by molar-refractivity contribution is 6.42. The van der Waals surface area contributed by atoms with Crippen LogP contribution in [-0.4, -0.2) is 20.6 Å². The van der Waals surface area contributed by atoms with Crippen LogP contribution in [-0.2, 0) is 6.54 Å². The summed E-state index contributed by atoms with van der Waals surface area (Å²) in [5, 5.41) is 18.7. The zero-order valence-corrected chi connectivity index (χ0v) is 15.7. The molecule has 0 saturated carbocycles. The topological polar surface area (TPSA) is 90.1 Å². The maximum absolute atomic E-state index is 12.3. The summed E-state index contributed by atoms with van der Waals surface area (Å²) in [6.45, 7) is 2.34. The van der Waals surface area contributed by atoms with E-state index in [1.54, 1.807) is 22.9 Å². The molecule has 27 heavy (non-hydrogen) atoms. The number of hydrogen-bond acceptors (Lipinski definition) is 4. The maximum Gasteiger partial charge on any atom is 0.269 e. The van der Waals surface area contributed by atoms with Gasteiger partial charge in [0.2, 0.25) is 0 Å². The van der Waals surface area contributed by atoms with E-state index < -0.39 is 10.8 Å². The monoisotopic (exact) mass is 404 g/mol. The van der Waals surface area contributed by atoms with Gasteiger partial charge in [-0.25, -0.2) is 0 Å². The van der Waals surface area contributed by atoms with Crippen LogP contribution >= 0.6 is 23.2 Å². The predicted octanol–water partition coefficient (Wildman–Crippen LogP) is 4.71. The highest BCUT2D eigenvalue weighted by atomic mass is 35.5. The van der Waals surface area contributed by atoms with E-state index >= 15 is 0 Å². The Morgan fingerprint density at radius 1 is 1.15 bits per heavy atom. The Morgan fingerprint density at radius 3 is 2.48 bits per heavy atom. The third kappa shape index (κ3) is 4.45. The predicted molar refractivity (Wildman–Crippen MR) is 104 cm³/mol. The fraction of sp³-hybridized carbons (Fsp3) is 0.111. The average Bonchev–Trinajstić information content (AvgIpc) is 2.97. The Bertz CT molecular complexity index is 1020. The van der Waals surface area contributed by atoms with Gasteiger partial charge in [0.25, 0.3) is 11.6 Å². The van der Waals surface area contributed by atoms with E-state index in [2.05, 4.69) is 10.4 Å². The van der Waals surface area contributed by atoms with Crippen LogP contribution in [0.2, 0.25) is 10.0 Å². The van der Waals surface area contributed by atoms with E-state index in [4.69, 9.17) is 23.2 Å². The first-order valence-corrected chi connectivity index (χ1v) is 8.63. The van der Waals surface area contributed by atoms with Gasteiger partial charge in [-0.1, -0.05) is 29.3 Å². The molecular formula is C18H14Cl2N4O3. The van der Waals surface area contributed by atoms with Gasteiger partial charge in [0.05, 0.1) is 21.5 Å². The van der Waals surface area contributed by atoms with Gasteiger partial charge in [-0.05, 0) is 36.8 Å². The normalized spacial score (nSPS) is 10.6. The number of aromatic nitrogens is 2. The standard InChI is InChI=1S/C18H14Cl2N4O3/c1-11-8-17(21-18(25)13-3-5-14(6-4-13)24(26)27)22-23(11)10-12-2-7-15(19)16(20)9-12/h2-9H,10H2,1H3,(H,21,22,25). The van der Waals surface area contributed by atoms with E-state index in [-0.39, 0.29) is 5.69 Å². The maximum atomic E-state index is 12.3. The van der Waals surface area contributed by atoms with Crippen molar-refractivity contribution in [3.63, 3.8) is 0 Å². The molecule has 7 nitrogen and oxygen atoms in total. The minimum absolute atomic E-state index is 0.0757. The Hall–Kier alpha value is -2.90. The second-order valence-electron chi connectivity index (χ2n) is 5.84. The minimum Gasteiger partial charge on any atom is -0.305 e. The highest BCUT2D eigenvalue weighted by Crippen LogP contribution is 2.23. The fourth-order valence-corrected chi connectivity index (χ4v) is 2.79. The van der Waals surface area contributed by atoms with E-state index in [0.29, 0.717) is 28.0 Å². The number of aryl methyl sites for hydroxylation is 1. The molecule has 1 amide bonds. The van der Waals surface area contributed by atoms with Crippen LogP contribution in [0, 0.1) is 17.0 Å². The fourth-order valence-electron chi connectivity index (χ4n) is 2.47. The molecule has 0 spiro atoms. The molecule has 0 bridgehead atoms. The van der Waals surface area contributed by atoms with E-state index in [1.807, 2.05) is 13.0 Å². The van der Waals surface area contributed by atoms with Crippen molar-refractivity contribution in [1.82, 2.24) is 9.78 Å². The summed E-state index contributed by atoms with van der Waals surface area (Å²) in [6.07, 6.45) is 0. The van der Waals surface area contributed by atoms with E-state index in [0.717, 1.165) is 11.3 Å². The number of rotatable bonds is 5. The summed E-state index contributed by atoms with van der Waals surface area (Å²) in [5.74, 6) is -0.0139. The number of carbonyl (C=O) groups excluding carboxylic acids is 1. The van der Waals surface area contributed by atoms with Crippen molar-refractivity contribution in [2.24, 2.45) is 0 Å². The molecule has 9 heteroatoms. The number of nitro benzene ring substituents is 1. The van der Waals surface area contributed by atoms with Crippen molar-refractivity contribution in [2.45, 2.75) is 13.5 Å². The molecule has 0 atom stereocenters. The van der Waals surface area contributed by atoms with Crippen molar-refractivity contribution < 1.29 is 9.72 Å². The smallest absolute Gasteiger partial charge is 0.269 e. The summed E-state index contributed by atoms with van der Waals surface area (Å²) in [5.41, 5.74) is 1.99. The summed E-state index contributed by atoms with van der Waals surface area (Å²) < 4.78 is 1.73. The van der Waals surface area contributed by atoms with Crippen LogP contribution in [0.1, 0.15) is 21.6 Å². The number of non-ortho nitro benzene ring substituents is 1. The molecule has 0 aliphatic heterocycles. The Labute approximate surface area is 164 Å². The highest BCUT2D eigenvalue weighted by Gasteiger charge is 2.12. The van der Waals surface area contributed by atoms with Crippen LogP contribution < -0.4 is 5.32 Å². The van der Waals surface area contributed by atoms with Crippen LogP contribution in [0.3, 0.4) is 0 Å². The third-order valence-corrected chi connectivity index (χ3v) is 4.62. The molecule has 0 aliphatic rings. The van der Waals surface area contributed by atoms with Gasteiger partial charge in [-0.3, -0.25) is 19.6 Å². The lowest BCUT2D eigenvalue weighted by atomic mass is 10.2. The number of benzene rings is 2. The molecule has 0 radical (unpaired) electrons. The van der Waals surface area contributed by atoms with Gasteiger partial charge < -0.3 is 5.32 Å². The van der Waals surface area contributed by atoms with Crippen molar-refractivity contribution in [1.29, 1.82) is 0 Å². The molecule has 1 N–H and O–H groups in total. The first kappa shape index (κ1) is 18.9. The zero-order chi connectivity index (χ0) is 19.6. The Balaban J connectivity index is 1.72. The first-order chi connectivity index (χ1) is 12.8. The molecule has 0 aliphatic carbocycles. The summed E-state index contributed by atoms with van der Waals surface area (Å²) >= 11 is 12.0. The van der Waals surface area contributed by atoms with Crippen LogP contribution in [0.25, 0.3) is 0 Å². The second kappa shape index (κ2) is 7.77. The lowest BCUT2D eigenvalue weighted by molar-refractivity contribution is -0.384. The molecule has 0 unspecified atom stereocenters. The SMILES string of the molecule is Cc1cc(NC(=O)c2ccc([N+](=O)[O-])cc2)nn1Cc1ccc(Cl)c(Cl)c1. The molecule has 1 aromatic heterocycles. The summed E-state index contributed by atoms with van der Waals surface area (Å²) in [7, 11) is 0. The molecule has 138 valence electrons. The van der Waals surface area contributed by atoms with Gasteiger partial charge in [-0.2, -0.15) is 5.10 Å². The van der Waals surface area contributed by atoms with E-state index in [9.17, 15) is 14.9 Å². The van der Waals surface area contributed by atoms with Crippen molar-refractivity contribution in [3.05, 3.63) is 85.5 Å². The first-order valence-electron chi connectivity index (χ1n) is 7.87. The lowest BCUT2D eigenvalue weighted by Gasteiger charge is -2.06. The van der Waals surface area contributed by atoms with Crippen LogP contribution in [0.5, 0.6) is 0 Å². The number of nitrogens with one attached hydrogen (secondary N) is 1. The van der Waals surface area contributed by atoms with Crippen LogP contribution in [0.4, 0.5) is 11.5 Å². The number of nitrogens with zero attached hydrogens (tertiary/aromatic N) is 3.